The molecule has 1 aliphatic carbocycles. The molecule has 1 saturated carbocycles. The van der Waals surface area contributed by atoms with Crippen LogP contribution < -0.4 is 10.1 Å². The first-order valence-electron chi connectivity index (χ1n) is 6.89. The molecule has 2 unspecified atom stereocenters. The number of alkyl halides is 1. The van der Waals surface area contributed by atoms with Crippen LogP contribution in [0.4, 0.5) is 0 Å². The van der Waals surface area contributed by atoms with Crippen LogP contribution in [0.15, 0.2) is 18.2 Å². The van der Waals surface area contributed by atoms with Gasteiger partial charge in [0, 0.05) is 18.0 Å². The predicted octanol–water partition coefficient (Wildman–Crippen LogP) is 2.93. The summed E-state index contributed by atoms with van der Waals surface area (Å²) in [6.07, 6.45) is 4.21. The fourth-order valence-electron chi connectivity index (χ4n) is 2.57. The highest BCUT2D eigenvalue weighted by Crippen LogP contribution is 2.27. The van der Waals surface area contributed by atoms with Crippen LogP contribution in [0.2, 0.25) is 0 Å². The number of phenols is 1. The van der Waals surface area contributed by atoms with E-state index in [0.717, 1.165) is 25.7 Å². The normalized spacial score (nSPS) is 22.3. The molecule has 1 aliphatic rings. The lowest BCUT2D eigenvalue weighted by Gasteiger charge is -2.25. The van der Waals surface area contributed by atoms with Crippen molar-refractivity contribution < 1.29 is 14.6 Å². The number of phenolic OH excluding ortho intramolecular Hbond substituents is 1. The molecular formula is C15H20ClNO3. The van der Waals surface area contributed by atoms with Crippen molar-refractivity contribution in [3.8, 4) is 11.5 Å². The molecule has 2 atom stereocenters. The molecule has 1 aromatic carbocycles. The summed E-state index contributed by atoms with van der Waals surface area (Å²) >= 11 is 6.14. The van der Waals surface area contributed by atoms with Crippen LogP contribution in [0, 0.1) is 5.92 Å². The molecule has 4 nitrogen and oxygen atoms in total. The number of aromatic hydroxyl groups is 1. The Hall–Kier alpha value is -1.42. The van der Waals surface area contributed by atoms with Crippen molar-refractivity contribution >= 4 is 17.5 Å². The molecule has 0 heterocycles. The zero-order valence-electron chi connectivity index (χ0n) is 11.6. The van der Waals surface area contributed by atoms with Gasteiger partial charge < -0.3 is 15.2 Å². The third kappa shape index (κ3) is 3.79. The zero-order chi connectivity index (χ0) is 14.5. The van der Waals surface area contributed by atoms with E-state index in [4.69, 9.17) is 16.3 Å². The number of benzene rings is 1. The van der Waals surface area contributed by atoms with Crippen LogP contribution in [0.5, 0.6) is 11.5 Å². The number of carbonyl (C=O) groups excluding carboxylic acids is 1. The van der Waals surface area contributed by atoms with E-state index in [9.17, 15) is 9.90 Å². The van der Waals surface area contributed by atoms with Gasteiger partial charge in [0.2, 0.25) is 0 Å². The highest BCUT2D eigenvalue weighted by Gasteiger charge is 2.21. The molecular weight excluding hydrogens is 278 g/mol. The minimum Gasteiger partial charge on any atom is -0.507 e. The Morgan fingerprint density at radius 1 is 1.50 bits per heavy atom. The lowest BCUT2D eigenvalue weighted by atomic mass is 9.89. The number of hydrogen-bond acceptors (Lipinski definition) is 3. The van der Waals surface area contributed by atoms with E-state index in [1.807, 2.05) is 0 Å². The standard InChI is InChI=1S/C15H20ClNO3/c1-20-12-5-6-13(14(18)8-12)15(19)17-9-10-3-2-4-11(16)7-10/h5-6,8,10-11,18H,2-4,7,9H2,1H3,(H,17,19). The second-order valence-corrected chi connectivity index (χ2v) is 5.84. The molecule has 1 fully saturated rings. The van der Waals surface area contributed by atoms with E-state index in [0.29, 0.717) is 18.2 Å². The maximum atomic E-state index is 12.0. The molecule has 110 valence electrons. The molecule has 1 amide bonds. The van der Waals surface area contributed by atoms with Crippen molar-refractivity contribution in [2.24, 2.45) is 5.92 Å². The monoisotopic (exact) mass is 297 g/mol. The average Bonchev–Trinajstić information content (AvgIpc) is 2.44. The van der Waals surface area contributed by atoms with Crippen molar-refractivity contribution in [1.82, 2.24) is 5.32 Å². The minimum atomic E-state index is -0.262. The molecule has 2 N–H and O–H groups in total. The molecule has 20 heavy (non-hydrogen) atoms. The molecule has 0 aromatic heterocycles. The molecule has 0 aliphatic heterocycles. The Labute approximate surface area is 124 Å². The molecule has 0 spiro atoms. The first-order valence-corrected chi connectivity index (χ1v) is 7.33. The lowest BCUT2D eigenvalue weighted by molar-refractivity contribution is 0.0941. The molecule has 0 saturated heterocycles. The fourth-order valence-corrected chi connectivity index (χ4v) is 2.98. The van der Waals surface area contributed by atoms with Crippen LogP contribution >= 0.6 is 11.6 Å². The second kappa shape index (κ2) is 6.84. The highest BCUT2D eigenvalue weighted by atomic mass is 35.5. The largest absolute Gasteiger partial charge is 0.507 e. The molecule has 0 radical (unpaired) electrons. The van der Waals surface area contributed by atoms with Crippen molar-refractivity contribution in [3.05, 3.63) is 23.8 Å². The van der Waals surface area contributed by atoms with E-state index >= 15 is 0 Å². The summed E-state index contributed by atoms with van der Waals surface area (Å²) in [5, 5.41) is 12.9. The maximum Gasteiger partial charge on any atom is 0.255 e. The number of amides is 1. The Kier molecular flexibility index (Phi) is 5.12. The van der Waals surface area contributed by atoms with Gasteiger partial charge in [-0.2, -0.15) is 0 Å². The third-order valence-electron chi connectivity index (χ3n) is 3.72. The highest BCUT2D eigenvalue weighted by molar-refractivity contribution is 6.20. The first kappa shape index (κ1) is 15.0. The number of methoxy groups -OCH3 is 1. The van der Waals surface area contributed by atoms with Crippen molar-refractivity contribution in [2.45, 2.75) is 31.1 Å². The Balaban J connectivity index is 1.91. The van der Waals surface area contributed by atoms with E-state index in [1.165, 1.54) is 13.2 Å². The van der Waals surface area contributed by atoms with Crippen LogP contribution in [-0.2, 0) is 0 Å². The van der Waals surface area contributed by atoms with Crippen molar-refractivity contribution in [2.75, 3.05) is 13.7 Å². The van der Waals surface area contributed by atoms with Gasteiger partial charge in [-0.15, -0.1) is 11.6 Å². The zero-order valence-corrected chi connectivity index (χ0v) is 12.3. The first-order chi connectivity index (χ1) is 9.60. The quantitative estimate of drug-likeness (QED) is 0.840. The van der Waals surface area contributed by atoms with Gasteiger partial charge in [0.05, 0.1) is 12.7 Å². The summed E-state index contributed by atoms with van der Waals surface area (Å²) < 4.78 is 4.99. The molecule has 1 aromatic rings. The van der Waals surface area contributed by atoms with E-state index < -0.39 is 0 Å². The van der Waals surface area contributed by atoms with Gasteiger partial charge >= 0.3 is 0 Å². The summed E-state index contributed by atoms with van der Waals surface area (Å²) in [7, 11) is 1.51. The predicted molar refractivity (Wildman–Crippen MR) is 78.6 cm³/mol. The Morgan fingerprint density at radius 3 is 2.95 bits per heavy atom. The smallest absolute Gasteiger partial charge is 0.255 e. The number of halogens is 1. The number of rotatable bonds is 4. The third-order valence-corrected chi connectivity index (χ3v) is 4.12. The number of ether oxygens (including phenoxy) is 1. The Bertz CT molecular complexity index is 478. The summed E-state index contributed by atoms with van der Waals surface area (Å²) in [5.74, 6) is 0.620. The molecule has 5 heteroatoms. The van der Waals surface area contributed by atoms with Gasteiger partial charge in [-0.05, 0) is 37.3 Å². The topological polar surface area (TPSA) is 58.6 Å². The molecule has 0 bridgehead atoms. The fraction of sp³-hybridized carbons (Fsp3) is 0.533. The van der Waals surface area contributed by atoms with Gasteiger partial charge in [0.15, 0.2) is 0 Å². The lowest BCUT2D eigenvalue weighted by Crippen LogP contribution is -2.32. The van der Waals surface area contributed by atoms with Gasteiger partial charge in [-0.1, -0.05) is 6.42 Å². The summed E-state index contributed by atoms with van der Waals surface area (Å²) in [6, 6.07) is 4.66. The van der Waals surface area contributed by atoms with Crippen LogP contribution in [0.1, 0.15) is 36.0 Å². The van der Waals surface area contributed by atoms with Gasteiger partial charge in [-0.25, -0.2) is 0 Å². The summed E-state index contributed by atoms with van der Waals surface area (Å²) in [6.45, 7) is 0.605. The SMILES string of the molecule is COc1ccc(C(=O)NCC2CCCC(Cl)C2)c(O)c1. The van der Waals surface area contributed by atoms with Gasteiger partial charge in [0.1, 0.15) is 11.5 Å². The van der Waals surface area contributed by atoms with Crippen LogP contribution in [0.3, 0.4) is 0 Å². The van der Waals surface area contributed by atoms with Crippen LogP contribution in [-0.4, -0.2) is 30.0 Å². The maximum absolute atomic E-state index is 12.0. The summed E-state index contributed by atoms with van der Waals surface area (Å²) in [5.41, 5.74) is 0.268. The van der Waals surface area contributed by atoms with E-state index in [-0.39, 0.29) is 22.6 Å². The van der Waals surface area contributed by atoms with Crippen molar-refractivity contribution in [1.29, 1.82) is 0 Å². The second-order valence-electron chi connectivity index (χ2n) is 5.22. The minimum absolute atomic E-state index is 0.0688. The summed E-state index contributed by atoms with van der Waals surface area (Å²) in [4.78, 5) is 12.0. The van der Waals surface area contributed by atoms with E-state index in [2.05, 4.69) is 5.32 Å². The van der Waals surface area contributed by atoms with Gasteiger partial charge in [0.25, 0.3) is 5.91 Å². The number of hydrogen-bond donors (Lipinski definition) is 2. The van der Waals surface area contributed by atoms with E-state index in [1.54, 1.807) is 12.1 Å². The number of nitrogens with one attached hydrogen (secondary N) is 1. The number of carbonyl (C=O) groups is 1. The molecule has 2 rings (SSSR count). The Morgan fingerprint density at radius 2 is 2.30 bits per heavy atom. The van der Waals surface area contributed by atoms with Crippen molar-refractivity contribution in [3.63, 3.8) is 0 Å². The average molecular weight is 298 g/mol. The van der Waals surface area contributed by atoms with Gasteiger partial charge in [-0.3, -0.25) is 4.79 Å². The van der Waals surface area contributed by atoms with Crippen LogP contribution in [0.25, 0.3) is 0 Å².